The Morgan fingerprint density at radius 3 is 2.23 bits per heavy atom. The summed E-state index contributed by atoms with van der Waals surface area (Å²) in [4.78, 5) is 24.2. The predicted octanol–water partition coefficient (Wildman–Crippen LogP) is 2.73. The summed E-state index contributed by atoms with van der Waals surface area (Å²) < 4.78 is 33.3. The van der Waals surface area contributed by atoms with E-state index in [0.717, 1.165) is 5.56 Å². The van der Waals surface area contributed by atoms with Crippen LogP contribution in [0.1, 0.15) is 11.1 Å². The Bertz CT molecular complexity index is 720. The number of hydrogen-bond donors (Lipinski definition) is 1. The zero-order valence-electron chi connectivity index (χ0n) is 14.2. The quantitative estimate of drug-likeness (QED) is 0.733. The van der Waals surface area contributed by atoms with Crippen LogP contribution in [0.2, 0.25) is 0 Å². The van der Waals surface area contributed by atoms with Gasteiger partial charge in [0.1, 0.15) is 11.8 Å². The van der Waals surface area contributed by atoms with Gasteiger partial charge in [0, 0.05) is 6.42 Å². The van der Waals surface area contributed by atoms with Gasteiger partial charge in [-0.2, -0.15) is 8.78 Å². The average molecular weight is 363 g/mol. The maximum absolute atomic E-state index is 12.2. The molecular weight excluding hydrogens is 344 g/mol. The molecule has 2 aromatic rings. The number of alkyl halides is 2. The van der Waals surface area contributed by atoms with Crippen molar-refractivity contribution in [1.82, 2.24) is 5.32 Å². The number of carbonyl (C=O) groups is 2. The molecule has 5 nitrogen and oxygen atoms in total. The Hall–Kier alpha value is -2.96. The number of methoxy groups -OCH3 is 1. The highest BCUT2D eigenvalue weighted by molar-refractivity contribution is 5.85. The van der Waals surface area contributed by atoms with E-state index in [1.54, 1.807) is 0 Å². The zero-order valence-corrected chi connectivity index (χ0v) is 14.2. The summed E-state index contributed by atoms with van der Waals surface area (Å²) in [6, 6.07) is 14.2. The van der Waals surface area contributed by atoms with Crippen LogP contribution in [0.5, 0.6) is 5.75 Å². The molecule has 0 aromatic heterocycles. The van der Waals surface area contributed by atoms with Crippen LogP contribution >= 0.6 is 0 Å². The van der Waals surface area contributed by atoms with Gasteiger partial charge in [-0.25, -0.2) is 4.79 Å². The van der Waals surface area contributed by atoms with E-state index < -0.39 is 18.6 Å². The molecule has 0 radical (unpaired) electrons. The Morgan fingerprint density at radius 2 is 1.65 bits per heavy atom. The molecule has 2 rings (SSSR count). The van der Waals surface area contributed by atoms with Gasteiger partial charge in [0.2, 0.25) is 5.91 Å². The second-order valence-electron chi connectivity index (χ2n) is 5.53. The fourth-order valence-corrected chi connectivity index (χ4v) is 2.40. The van der Waals surface area contributed by atoms with Crippen LogP contribution in [0.15, 0.2) is 54.6 Å². The first-order valence-electron chi connectivity index (χ1n) is 7.93. The highest BCUT2D eigenvalue weighted by atomic mass is 19.3. The summed E-state index contributed by atoms with van der Waals surface area (Å²) >= 11 is 0. The molecule has 0 spiro atoms. The maximum Gasteiger partial charge on any atom is 0.387 e. The molecule has 0 fully saturated rings. The number of hydrogen-bond acceptors (Lipinski definition) is 4. The first kappa shape index (κ1) is 19.4. The largest absolute Gasteiger partial charge is 0.467 e. The number of halogens is 2. The van der Waals surface area contributed by atoms with Crippen LogP contribution in [0, 0.1) is 0 Å². The standard InChI is InChI=1S/C19H19F2NO4/c1-25-18(24)16(11-13-5-3-2-4-6-13)22-17(23)12-14-7-9-15(10-8-14)26-19(20)21/h2-10,16,19H,11-12H2,1H3,(H,22,23)/t16-/m0/s1. The number of benzene rings is 2. The van der Waals surface area contributed by atoms with Crippen LogP contribution in [-0.2, 0) is 27.2 Å². The molecule has 0 saturated heterocycles. The number of carbonyl (C=O) groups excluding carboxylic acids is 2. The highest BCUT2D eigenvalue weighted by Gasteiger charge is 2.22. The predicted molar refractivity (Wildman–Crippen MR) is 90.9 cm³/mol. The Morgan fingerprint density at radius 1 is 1.00 bits per heavy atom. The summed E-state index contributed by atoms with van der Waals surface area (Å²) in [6.07, 6.45) is 0.303. The lowest BCUT2D eigenvalue weighted by atomic mass is 10.1. The molecule has 0 aliphatic carbocycles. The molecule has 0 heterocycles. The molecule has 0 aliphatic rings. The van der Waals surface area contributed by atoms with Gasteiger partial charge in [0.05, 0.1) is 13.5 Å². The summed E-state index contributed by atoms with van der Waals surface area (Å²) in [5.41, 5.74) is 1.49. The Labute approximate surface area is 149 Å². The lowest BCUT2D eigenvalue weighted by Crippen LogP contribution is -2.43. The van der Waals surface area contributed by atoms with E-state index in [1.807, 2.05) is 30.3 Å². The summed E-state index contributed by atoms with van der Waals surface area (Å²) in [6.45, 7) is -2.90. The van der Waals surface area contributed by atoms with E-state index in [-0.39, 0.29) is 18.1 Å². The van der Waals surface area contributed by atoms with Crippen LogP contribution in [0.25, 0.3) is 0 Å². The second kappa shape index (κ2) is 9.50. The number of amides is 1. The monoisotopic (exact) mass is 363 g/mol. The first-order chi connectivity index (χ1) is 12.5. The normalized spacial score (nSPS) is 11.7. The van der Waals surface area contributed by atoms with Crippen molar-refractivity contribution < 1.29 is 27.8 Å². The number of esters is 1. The fraction of sp³-hybridized carbons (Fsp3) is 0.263. The maximum atomic E-state index is 12.2. The molecule has 1 atom stereocenters. The molecule has 0 bridgehead atoms. The molecule has 1 N–H and O–H groups in total. The molecule has 26 heavy (non-hydrogen) atoms. The summed E-state index contributed by atoms with van der Waals surface area (Å²) in [5.74, 6) is -0.901. The zero-order chi connectivity index (χ0) is 18.9. The van der Waals surface area contributed by atoms with Crippen LogP contribution in [-0.4, -0.2) is 31.6 Å². The summed E-state index contributed by atoms with van der Waals surface area (Å²) in [5, 5.41) is 2.65. The van der Waals surface area contributed by atoms with Crippen molar-refractivity contribution in [3.05, 3.63) is 65.7 Å². The second-order valence-corrected chi connectivity index (χ2v) is 5.53. The minimum atomic E-state index is -2.90. The minimum Gasteiger partial charge on any atom is -0.467 e. The molecule has 7 heteroatoms. The van der Waals surface area contributed by atoms with Crippen LogP contribution in [0.4, 0.5) is 8.78 Å². The van der Waals surface area contributed by atoms with E-state index in [0.29, 0.717) is 12.0 Å². The van der Waals surface area contributed by atoms with E-state index in [4.69, 9.17) is 4.74 Å². The SMILES string of the molecule is COC(=O)[C@H](Cc1ccccc1)NC(=O)Cc1ccc(OC(F)F)cc1. The van der Waals surface area contributed by atoms with Gasteiger partial charge in [0.25, 0.3) is 0 Å². The topological polar surface area (TPSA) is 64.6 Å². The van der Waals surface area contributed by atoms with Crippen LogP contribution < -0.4 is 10.1 Å². The van der Waals surface area contributed by atoms with Gasteiger partial charge in [0.15, 0.2) is 0 Å². The van der Waals surface area contributed by atoms with Gasteiger partial charge in [-0.05, 0) is 23.3 Å². The van der Waals surface area contributed by atoms with Crippen LogP contribution in [0.3, 0.4) is 0 Å². The van der Waals surface area contributed by atoms with Gasteiger partial charge >= 0.3 is 12.6 Å². The molecule has 0 unspecified atom stereocenters. The lowest BCUT2D eigenvalue weighted by Gasteiger charge is -2.16. The third kappa shape index (κ3) is 6.16. The molecule has 0 saturated carbocycles. The Balaban J connectivity index is 1.97. The molecule has 0 aliphatic heterocycles. The van der Waals surface area contributed by atoms with Gasteiger partial charge in [-0.3, -0.25) is 4.79 Å². The first-order valence-corrected chi connectivity index (χ1v) is 7.93. The summed E-state index contributed by atoms with van der Waals surface area (Å²) in [7, 11) is 1.26. The smallest absolute Gasteiger partial charge is 0.387 e. The lowest BCUT2D eigenvalue weighted by molar-refractivity contribution is -0.145. The van der Waals surface area contributed by atoms with Crippen molar-refractivity contribution in [2.45, 2.75) is 25.5 Å². The molecule has 138 valence electrons. The van der Waals surface area contributed by atoms with E-state index in [2.05, 4.69) is 10.1 Å². The fourth-order valence-electron chi connectivity index (χ4n) is 2.40. The van der Waals surface area contributed by atoms with Gasteiger partial charge in [-0.1, -0.05) is 42.5 Å². The average Bonchev–Trinajstić information content (AvgIpc) is 2.62. The van der Waals surface area contributed by atoms with Gasteiger partial charge < -0.3 is 14.8 Å². The van der Waals surface area contributed by atoms with E-state index >= 15 is 0 Å². The Kier molecular flexibility index (Phi) is 7.08. The highest BCUT2D eigenvalue weighted by Crippen LogP contribution is 2.15. The molecular formula is C19H19F2NO4. The number of nitrogens with one attached hydrogen (secondary N) is 1. The third-order valence-corrected chi connectivity index (χ3v) is 3.62. The number of ether oxygens (including phenoxy) is 2. The molecule has 1 amide bonds. The molecule has 2 aromatic carbocycles. The number of rotatable bonds is 8. The van der Waals surface area contributed by atoms with E-state index in [9.17, 15) is 18.4 Å². The van der Waals surface area contributed by atoms with Gasteiger partial charge in [-0.15, -0.1) is 0 Å². The van der Waals surface area contributed by atoms with Crippen molar-refractivity contribution in [3.8, 4) is 5.75 Å². The van der Waals surface area contributed by atoms with Crippen molar-refractivity contribution in [2.24, 2.45) is 0 Å². The minimum absolute atomic E-state index is 0.00274. The van der Waals surface area contributed by atoms with Crippen molar-refractivity contribution in [2.75, 3.05) is 7.11 Å². The van der Waals surface area contributed by atoms with Crippen molar-refractivity contribution in [3.63, 3.8) is 0 Å². The van der Waals surface area contributed by atoms with Crippen molar-refractivity contribution >= 4 is 11.9 Å². The van der Waals surface area contributed by atoms with E-state index in [1.165, 1.54) is 31.4 Å². The van der Waals surface area contributed by atoms with Crippen molar-refractivity contribution in [1.29, 1.82) is 0 Å². The third-order valence-electron chi connectivity index (χ3n) is 3.62.